The highest BCUT2D eigenvalue weighted by molar-refractivity contribution is 5.69. The molecule has 0 fully saturated rings. The van der Waals surface area contributed by atoms with Crippen molar-refractivity contribution in [3.63, 3.8) is 0 Å². The molecule has 0 aliphatic rings. The Labute approximate surface area is 155 Å². The van der Waals surface area contributed by atoms with Gasteiger partial charge in [0.2, 0.25) is 0 Å². The minimum absolute atomic E-state index is 0. The number of nitrogens with zero attached hydrogens (tertiary/aromatic N) is 5. The van der Waals surface area contributed by atoms with E-state index in [1.807, 2.05) is 36.4 Å². The van der Waals surface area contributed by atoms with Crippen LogP contribution in [0.25, 0.3) is 34.2 Å². The van der Waals surface area contributed by atoms with Gasteiger partial charge in [0, 0.05) is 35.8 Å². The molecule has 0 atom stereocenters. The quantitative estimate of drug-likeness (QED) is 0.514. The molecule has 0 amide bonds. The number of nitrogens with one attached hydrogen (secondary N) is 1. The van der Waals surface area contributed by atoms with Crippen molar-refractivity contribution in [3.8, 4) is 34.2 Å². The number of benzene rings is 1. The molecule has 0 aliphatic heterocycles. The molecular weight excluding hydrogens is 328 g/mol. The summed E-state index contributed by atoms with van der Waals surface area (Å²) in [4.78, 5) is 17.4. The van der Waals surface area contributed by atoms with Gasteiger partial charge in [-0.25, -0.2) is 15.0 Å². The molecule has 0 spiro atoms. The van der Waals surface area contributed by atoms with E-state index >= 15 is 0 Å². The van der Waals surface area contributed by atoms with E-state index in [1.165, 1.54) is 0 Å². The fourth-order valence-electron chi connectivity index (χ4n) is 2.51. The van der Waals surface area contributed by atoms with E-state index in [1.54, 1.807) is 18.6 Å². The van der Waals surface area contributed by atoms with Gasteiger partial charge in [-0.15, -0.1) is 0 Å². The first-order valence-corrected chi connectivity index (χ1v) is 7.99. The van der Waals surface area contributed by atoms with Crippen LogP contribution in [-0.2, 0) is 6.54 Å². The molecule has 0 saturated carbocycles. The summed E-state index contributed by atoms with van der Waals surface area (Å²) in [5.41, 5.74) is 15.5. The molecule has 8 nitrogen and oxygen atoms in total. The highest BCUT2D eigenvalue weighted by Crippen LogP contribution is 2.25. The second kappa shape index (κ2) is 6.69. The van der Waals surface area contributed by atoms with Crippen LogP contribution in [-0.4, -0.2) is 30.1 Å². The van der Waals surface area contributed by atoms with Crippen LogP contribution in [0.15, 0.2) is 55.0 Å². The fraction of sp³-hybridized carbons (Fsp3) is 0.0556. The number of pyridine rings is 1. The SMILES string of the molecule is NCc1ccc(-c2n[nH]c(-c3nc(-c4cccnc4)cnc3N)n2)cc1.[HH].[HH].[HH].[HH]. The molecule has 3 heterocycles. The van der Waals surface area contributed by atoms with E-state index < -0.39 is 0 Å². The van der Waals surface area contributed by atoms with Gasteiger partial charge in [-0.1, -0.05) is 24.3 Å². The summed E-state index contributed by atoms with van der Waals surface area (Å²) < 4.78 is 0. The van der Waals surface area contributed by atoms with E-state index in [9.17, 15) is 0 Å². The van der Waals surface area contributed by atoms with E-state index in [0.717, 1.165) is 16.7 Å². The van der Waals surface area contributed by atoms with Crippen LogP contribution in [0.2, 0.25) is 0 Å². The lowest BCUT2D eigenvalue weighted by atomic mass is 10.1. The predicted octanol–water partition coefficient (Wildman–Crippen LogP) is 3.02. The standard InChI is InChI=1S/C18H16N8.4H2/c19-8-11-3-5-12(6-4-11)17-24-18(26-25-17)15-16(20)22-10-14(23-15)13-2-1-7-21-9-13;;;;/h1-7,9-10H,8,19H2,(H2,20,22)(H,24,25,26);4*1H. The highest BCUT2D eigenvalue weighted by Gasteiger charge is 2.14. The number of hydrogen-bond acceptors (Lipinski definition) is 7. The van der Waals surface area contributed by atoms with Crippen molar-refractivity contribution in [2.75, 3.05) is 5.73 Å². The van der Waals surface area contributed by atoms with Crippen LogP contribution in [0.5, 0.6) is 0 Å². The van der Waals surface area contributed by atoms with Gasteiger partial charge in [0.05, 0.1) is 11.9 Å². The summed E-state index contributed by atoms with van der Waals surface area (Å²) in [6.45, 7) is 0.493. The molecule has 1 aromatic carbocycles. The van der Waals surface area contributed by atoms with Gasteiger partial charge in [0.15, 0.2) is 17.5 Å². The summed E-state index contributed by atoms with van der Waals surface area (Å²) in [6.07, 6.45) is 5.03. The van der Waals surface area contributed by atoms with Gasteiger partial charge < -0.3 is 11.5 Å². The zero-order valence-electron chi connectivity index (χ0n) is 13.8. The van der Waals surface area contributed by atoms with Crippen molar-refractivity contribution >= 4 is 5.82 Å². The Bertz CT molecular complexity index is 1040. The van der Waals surface area contributed by atoms with Crippen LogP contribution >= 0.6 is 0 Å². The fourth-order valence-corrected chi connectivity index (χ4v) is 2.51. The molecule has 26 heavy (non-hydrogen) atoms. The molecule has 4 aromatic rings. The average Bonchev–Trinajstić information content (AvgIpc) is 3.19. The molecular formula is C18H24N8. The summed E-state index contributed by atoms with van der Waals surface area (Å²) in [5, 5.41) is 7.14. The van der Waals surface area contributed by atoms with E-state index in [-0.39, 0.29) is 11.5 Å². The lowest BCUT2D eigenvalue weighted by molar-refractivity contribution is 1.07. The number of aromatic nitrogens is 6. The number of rotatable bonds is 4. The normalized spacial score (nSPS) is 10.8. The minimum atomic E-state index is 0. The molecule has 0 saturated heterocycles. The number of nitrogens with two attached hydrogens (primary N) is 2. The summed E-state index contributed by atoms with van der Waals surface area (Å²) in [5.74, 6) is 1.29. The molecule has 4 rings (SSSR count). The van der Waals surface area contributed by atoms with Crippen LogP contribution in [0.4, 0.5) is 5.82 Å². The number of H-pyrrole nitrogens is 1. The molecule has 3 aromatic heterocycles. The lowest BCUT2D eigenvalue weighted by Crippen LogP contribution is -2.00. The van der Waals surface area contributed by atoms with E-state index in [2.05, 4.69) is 30.1 Å². The predicted molar refractivity (Wildman–Crippen MR) is 107 cm³/mol. The Morgan fingerprint density at radius 3 is 2.58 bits per heavy atom. The molecule has 0 unspecified atom stereocenters. The second-order valence-corrected chi connectivity index (χ2v) is 5.64. The zero-order valence-corrected chi connectivity index (χ0v) is 13.8. The first-order chi connectivity index (χ1) is 12.7. The monoisotopic (exact) mass is 352 g/mol. The molecule has 0 radical (unpaired) electrons. The van der Waals surface area contributed by atoms with E-state index in [0.29, 0.717) is 29.6 Å². The topological polar surface area (TPSA) is 132 Å². The molecule has 0 aliphatic carbocycles. The van der Waals surface area contributed by atoms with Crippen LogP contribution in [0.3, 0.4) is 0 Å². The maximum atomic E-state index is 5.99. The van der Waals surface area contributed by atoms with Gasteiger partial charge in [0.1, 0.15) is 5.69 Å². The van der Waals surface area contributed by atoms with Crippen LogP contribution in [0, 0.1) is 0 Å². The molecule has 0 bridgehead atoms. The van der Waals surface area contributed by atoms with Gasteiger partial charge in [-0.2, -0.15) is 5.10 Å². The van der Waals surface area contributed by atoms with Gasteiger partial charge in [0.25, 0.3) is 0 Å². The van der Waals surface area contributed by atoms with Gasteiger partial charge in [-0.3, -0.25) is 10.1 Å². The third kappa shape index (κ3) is 3.01. The first-order valence-electron chi connectivity index (χ1n) is 7.99. The molecule has 8 heteroatoms. The third-order valence-corrected chi connectivity index (χ3v) is 3.92. The lowest BCUT2D eigenvalue weighted by Gasteiger charge is -2.04. The summed E-state index contributed by atoms with van der Waals surface area (Å²) >= 11 is 0. The van der Waals surface area contributed by atoms with Gasteiger partial charge in [-0.05, 0) is 17.7 Å². The van der Waals surface area contributed by atoms with Gasteiger partial charge >= 0.3 is 0 Å². The van der Waals surface area contributed by atoms with E-state index in [4.69, 9.17) is 11.5 Å². The van der Waals surface area contributed by atoms with Crippen molar-refractivity contribution in [1.82, 2.24) is 30.1 Å². The van der Waals surface area contributed by atoms with Crippen molar-refractivity contribution in [1.29, 1.82) is 0 Å². The Hall–Kier alpha value is -3.65. The van der Waals surface area contributed by atoms with Crippen LogP contribution < -0.4 is 11.5 Å². The number of hydrogen-bond donors (Lipinski definition) is 3. The largest absolute Gasteiger partial charge is 0.382 e. The Morgan fingerprint density at radius 1 is 1.00 bits per heavy atom. The second-order valence-electron chi connectivity index (χ2n) is 5.64. The maximum Gasteiger partial charge on any atom is 0.181 e. The third-order valence-electron chi connectivity index (χ3n) is 3.92. The Balaban J connectivity index is 0.00000210. The zero-order chi connectivity index (χ0) is 17.9. The van der Waals surface area contributed by atoms with Crippen LogP contribution in [0.1, 0.15) is 11.3 Å². The van der Waals surface area contributed by atoms with Crippen molar-refractivity contribution in [2.24, 2.45) is 5.73 Å². The van der Waals surface area contributed by atoms with Crippen molar-refractivity contribution in [3.05, 3.63) is 60.6 Å². The Morgan fingerprint density at radius 2 is 1.85 bits per heavy atom. The number of anilines is 1. The minimum Gasteiger partial charge on any atom is -0.382 e. The first kappa shape index (κ1) is 15.9. The number of nitrogen functional groups attached to an aromatic ring is 1. The highest BCUT2D eigenvalue weighted by atomic mass is 15.2. The van der Waals surface area contributed by atoms with Crippen molar-refractivity contribution in [2.45, 2.75) is 6.54 Å². The Kier molecular flexibility index (Phi) is 4.08. The molecule has 136 valence electrons. The average molecular weight is 352 g/mol. The smallest absolute Gasteiger partial charge is 0.181 e. The summed E-state index contributed by atoms with van der Waals surface area (Å²) in [7, 11) is 0. The van der Waals surface area contributed by atoms with Crippen molar-refractivity contribution < 1.29 is 5.71 Å². The maximum absolute atomic E-state index is 5.99. The molecule has 5 N–H and O–H groups in total. The number of aromatic amines is 1. The summed E-state index contributed by atoms with van der Waals surface area (Å²) in [6, 6.07) is 11.5.